The number of nitrogens with zero attached hydrogens (tertiary/aromatic N) is 2. The van der Waals surface area contributed by atoms with E-state index < -0.39 is 0 Å². The minimum absolute atomic E-state index is 0.272. The van der Waals surface area contributed by atoms with Gasteiger partial charge in [-0.05, 0) is 59.9 Å². The summed E-state index contributed by atoms with van der Waals surface area (Å²) in [6, 6.07) is 4.48. The van der Waals surface area contributed by atoms with Crippen molar-refractivity contribution in [2.24, 2.45) is 0 Å². The monoisotopic (exact) mass is 325 g/mol. The van der Waals surface area contributed by atoms with Gasteiger partial charge < -0.3 is 5.32 Å². The highest BCUT2D eigenvalue weighted by atomic mass is 79.9. The third-order valence-electron chi connectivity index (χ3n) is 2.94. The van der Waals surface area contributed by atoms with Crippen LogP contribution in [0.5, 0.6) is 0 Å². The van der Waals surface area contributed by atoms with Crippen LogP contribution in [0.1, 0.15) is 27.9 Å². The van der Waals surface area contributed by atoms with E-state index in [-0.39, 0.29) is 6.04 Å². The van der Waals surface area contributed by atoms with Gasteiger partial charge in [-0.2, -0.15) is 10.2 Å². The van der Waals surface area contributed by atoms with Crippen molar-refractivity contribution < 1.29 is 0 Å². The summed E-state index contributed by atoms with van der Waals surface area (Å²) in [7, 11) is 1.99. The molecule has 2 aromatic rings. The maximum absolute atomic E-state index is 4.20. The molecule has 18 heavy (non-hydrogen) atoms. The first kappa shape index (κ1) is 13.6. The molecule has 2 aromatic heterocycles. The van der Waals surface area contributed by atoms with Crippen LogP contribution in [-0.4, -0.2) is 17.2 Å². The zero-order valence-electron chi connectivity index (χ0n) is 10.7. The van der Waals surface area contributed by atoms with E-state index in [1.54, 1.807) is 11.3 Å². The zero-order chi connectivity index (χ0) is 13.1. The van der Waals surface area contributed by atoms with Gasteiger partial charge in [0.25, 0.3) is 0 Å². The quantitative estimate of drug-likeness (QED) is 0.935. The van der Waals surface area contributed by atoms with E-state index in [9.17, 15) is 0 Å². The molecule has 0 amide bonds. The predicted octanol–water partition coefficient (Wildman–Crippen LogP) is 3.42. The van der Waals surface area contributed by atoms with Crippen LogP contribution in [-0.2, 0) is 6.42 Å². The van der Waals surface area contributed by atoms with E-state index >= 15 is 0 Å². The molecule has 5 heteroatoms. The first-order valence-corrected chi connectivity index (χ1v) is 7.49. The predicted molar refractivity (Wildman–Crippen MR) is 79.0 cm³/mol. The largest absolute Gasteiger partial charge is 0.313 e. The number of likely N-dealkylation sites (N-methyl/N-ethyl adjacent to an activating group) is 1. The molecular formula is C13H16BrN3S. The molecule has 2 heterocycles. The molecule has 0 bridgehead atoms. The van der Waals surface area contributed by atoms with E-state index in [2.05, 4.69) is 49.0 Å². The Morgan fingerprint density at radius 1 is 1.39 bits per heavy atom. The molecule has 0 saturated carbocycles. The average Bonchev–Trinajstić information content (AvgIpc) is 2.75. The van der Waals surface area contributed by atoms with Crippen molar-refractivity contribution in [3.63, 3.8) is 0 Å². The molecule has 0 aromatic carbocycles. The molecule has 1 N–H and O–H groups in total. The molecule has 1 unspecified atom stereocenters. The summed E-state index contributed by atoms with van der Waals surface area (Å²) in [5, 5.41) is 13.8. The molecule has 0 aliphatic carbocycles. The molecule has 0 spiro atoms. The molecule has 0 saturated heterocycles. The summed E-state index contributed by atoms with van der Waals surface area (Å²) in [5.74, 6) is 0. The standard InChI is InChI=1S/C13H16BrN3S/c1-8-6-10(9(2)17-16-8)12(15-3)7-13-11(14)4-5-18-13/h4-6,12,15H,7H2,1-3H3. The topological polar surface area (TPSA) is 37.8 Å². The summed E-state index contributed by atoms with van der Waals surface area (Å²) in [5.41, 5.74) is 3.18. The fourth-order valence-electron chi connectivity index (χ4n) is 1.95. The van der Waals surface area contributed by atoms with Gasteiger partial charge in [-0.3, -0.25) is 0 Å². The lowest BCUT2D eigenvalue weighted by Gasteiger charge is -2.18. The lowest BCUT2D eigenvalue weighted by molar-refractivity contribution is 0.585. The van der Waals surface area contributed by atoms with E-state index in [0.717, 1.165) is 17.8 Å². The van der Waals surface area contributed by atoms with Crippen LogP contribution in [0.15, 0.2) is 22.0 Å². The number of aryl methyl sites for hydroxylation is 2. The summed E-state index contributed by atoms with van der Waals surface area (Å²) in [6.07, 6.45) is 0.959. The van der Waals surface area contributed by atoms with E-state index in [1.165, 1.54) is 14.9 Å². The van der Waals surface area contributed by atoms with Crippen LogP contribution in [0, 0.1) is 13.8 Å². The van der Waals surface area contributed by atoms with Crippen LogP contribution in [0.3, 0.4) is 0 Å². The van der Waals surface area contributed by atoms with Gasteiger partial charge in [-0.1, -0.05) is 0 Å². The highest BCUT2D eigenvalue weighted by molar-refractivity contribution is 9.10. The Balaban J connectivity index is 2.28. The third-order valence-corrected chi connectivity index (χ3v) is 4.89. The zero-order valence-corrected chi connectivity index (χ0v) is 13.1. The number of hydrogen-bond acceptors (Lipinski definition) is 4. The van der Waals surface area contributed by atoms with Gasteiger partial charge in [0.05, 0.1) is 11.4 Å². The van der Waals surface area contributed by atoms with Crippen LogP contribution in [0.25, 0.3) is 0 Å². The number of halogens is 1. The Morgan fingerprint density at radius 2 is 2.17 bits per heavy atom. The number of aromatic nitrogens is 2. The van der Waals surface area contributed by atoms with Crippen molar-refractivity contribution >= 4 is 27.3 Å². The van der Waals surface area contributed by atoms with E-state index in [0.29, 0.717) is 0 Å². The van der Waals surface area contributed by atoms with E-state index in [1.807, 2.05) is 20.9 Å². The Labute approximate surface area is 120 Å². The molecule has 3 nitrogen and oxygen atoms in total. The average molecular weight is 326 g/mol. The van der Waals surface area contributed by atoms with Crippen LogP contribution in [0.4, 0.5) is 0 Å². The highest BCUT2D eigenvalue weighted by Crippen LogP contribution is 2.28. The first-order chi connectivity index (χ1) is 8.61. The van der Waals surface area contributed by atoms with Gasteiger partial charge in [0.15, 0.2) is 0 Å². The smallest absolute Gasteiger partial charge is 0.0648 e. The third kappa shape index (κ3) is 2.96. The molecule has 96 valence electrons. The Hall–Kier alpha value is -0.780. The minimum atomic E-state index is 0.272. The SMILES string of the molecule is CNC(Cc1sccc1Br)c1cc(C)nnc1C. The molecule has 0 aliphatic heterocycles. The maximum Gasteiger partial charge on any atom is 0.0648 e. The van der Waals surface area contributed by atoms with Gasteiger partial charge >= 0.3 is 0 Å². The number of rotatable bonds is 4. The van der Waals surface area contributed by atoms with Crippen molar-refractivity contribution in [1.82, 2.24) is 15.5 Å². The van der Waals surface area contributed by atoms with Crippen molar-refractivity contribution in [2.45, 2.75) is 26.3 Å². The van der Waals surface area contributed by atoms with Gasteiger partial charge in [-0.25, -0.2) is 0 Å². The Kier molecular flexibility index (Phi) is 4.48. The summed E-state index contributed by atoms with van der Waals surface area (Å²) < 4.78 is 1.18. The molecule has 1 atom stereocenters. The molecular weight excluding hydrogens is 310 g/mol. The molecule has 0 aliphatic rings. The minimum Gasteiger partial charge on any atom is -0.313 e. The summed E-state index contributed by atoms with van der Waals surface area (Å²) in [6.45, 7) is 3.99. The lowest BCUT2D eigenvalue weighted by Crippen LogP contribution is -2.20. The molecule has 0 radical (unpaired) electrons. The highest BCUT2D eigenvalue weighted by Gasteiger charge is 2.16. The molecule has 0 fully saturated rings. The van der Waals surface area contributed by atoms with Crippen LogP contribution >= 0.6 is 27.3 Å². The second-order valence-corrected chi connectivity index (χ2v) is 6.12. The fourth-order valence-corrected chi connectivity index (χ4v) is 3.51. The normalized spacial score (nSPS) is 12.7. The fraction of sp³-hybridized carbons (Fsp3) is 0.385. The molecule has 2 rings (SSSR count). The number of nitrogens with one attached hydrogen (secondary N) is 1. The lowest BCUT2D eigenvalue weighted by atomic mass is 10.0. The maximum atomic E-state index is 4.20. The Bertz CT molecular complexity index is 539. The second-order valence-electron chi connectivity index (χ2n) is 4.26. The summed E-state index contributed by atoms with van der Waals surface area (Å²) >= 11 is 5.36. The van der Waals surface area contributed by atoms with Crippen molar-refractivity contribution in [2.75, 3.05) is 7.05 Å². The second kappa shape index (κ2) is 5.91. The van der Waals surface area contributed by atoms with Crippen molar-refractivity contribution in [3.05, 3.63) is 43.8 Å². The first-order valence-electron chi connectivity index (χ1n) is 5.81. The Morgan fingerprint density at radius 3 is 2.78 bits per heavy atom. The number of thiophene rings is 1. The van der Waals surface area contributed by atoms with Gasteiger partial charge in [0.2, 0.25) is 0 Å². The van der Waals surface area contributed by atoms with E-state index in [4.69, 9.17) is 0 Å². The van der Waals surface area contributed by atoms with Crippen molar-refractivity contribution in [3.8, 4) is 0 Å². The van der Waals surface area contributed by atoms with Gasteiger partial charge in [-0.15, -0.1) is 11.3 Å². The van der Waals surface area contributed by atoms with Gasteiger partial charge in [0.1, 0.15) is 0 Å². The summed E-state index contributed by atoms with van der Waals surface area (Å²) in [4.78, 5) is 1.35. The van der Waals surface area contributed by atoms with Crippen LogP contribution < -0.4 is 5.32 Å². The number of hydrogen-bond donors (Lipinski definition) is 1. The van der Waals surface area contributed by atoms with Crippen LogP contribution in [0.2, 0.25) is 0 Å². The van der Waals surface area contributed by atoms with Crippen molar-refractivity contribution in [1.29, 1.82) is 0 Å². The van der Waals surface area contributed by atoms with Gasteiger partial charge in [0, 0.05) is 21.8 Å².